The molecule has 6 N–H and O–H groups in total. The fourth-order valence-corrected chi connectivity index (χ4v) is 6.19. The number of carboxylic acid groups (broad SMARTS) is 1. The maximum absolute atomic E-state index is 12.4. The molecule has 0 spiro atoms. The molecule has 0 fully saturated rings. The van der Waals surface area contributed by atoms with Crippen molar-refractivity contribution in [1.29, 1.82) is 0 Å². The van der Waals surface area contributed by atoms with E-state index >= 15 is 0 Å². The summed E-state index contributed by atoms with van der Waals surface area (Å²) in [5.41, 5.74) is 5.76. The lowest BCUT2D eigenvalue weighted by Crippen LogP contribution is -2.37. The summed E-state index contributed by atoms with van der Waals surface area (Å²) in [6.45, 7) is 0.755. The van der Waals surface area contributed by atoms with Crippen LogP contribution in [0.15, 0.2) is 0 Å². The number of primary amides is 1. The molecule has 9 nitrogen and oxygen atoms in total. The second-order valence-electron chi connectivity index (χ2n) is 4.68. The van der Waals surface area contributed by atoms with Crippen LogP contribution in [0.2, 0.25) is 0 Å². The molecule has 0 aromatic heterocycles. The van der Waals surface area contributed by atoms with Crippen LogP contribution in [-0.2, 0) is 9.59 Å². The lowest BCUT2D eigenvalue weighted by Gasteiger charge is -2.18. The number of nitrogens with one attached hydrogen (secondary N) is 2. The highest BCUT2D eigenvalue weighted by molar-refractivity contribution is 14.1. The summed E-state index contributed by atoms with van der Waals surface area (Å²) in [4.78, 5) is 46.3. The van der Waals surface area contributed by atoms with Gasteiger partial charge in [0.1, 0.15) is 0 Å². The number of aliphatic hydroxyl groups is 1. The van der Waals surface area contributed by atoms with Crippen LogP contribution in [0.25, 0.3) is 0 Å². The number of halogens is 3. The van der Waals surface area contributed by atoms with Crippen LogP contribution in [0.1, 0.15) is 27.6 Å². The summed E-state index contributed by atoms with van der Waals surface area (Å²) in [5, 5.41) is 22.8. The van der Waals surface area contributed by atoms with Gasteiger partial charge in [0.05, 0.1) is 30.5 Å². The van der Waals surface area contributed by atoms with Gasteiger partial charge in [-0.3, -0.25) is 14.4 Å². The van der Waals surface area contributed by atoms with Crippen molar-refractivity contribution in [2.24, 2.45) is 5.73 Å². The first-order chi connectivity index (χ1) is 11.5. The van der Waals surface area contributed by atoms with Crippen molar-refractivity contribution in [2.45, 2.75) is 13.0 Å². The highest BCUT2D eigenvalue weighted by Gasteiger charge is 2.27. The summed E-state index contributed by atoms with van der Waals surface area (Å²) in [5.74, 6) is -3.37. The number of rotatable bonds is 6. The van der Waals surface area contributed by atoms with Gasteiger partial charge in [-0.05, 0) is 67.8 Å². The fraction of sp³-hybridized carbons (Fsp3) is 0.231. The first-order valence-corrected chi connectivity index (χ1v) is 9.69. The molecule has 0 aliphatic carbocycles. The van der Waals surface area contributed by atoms with E-state index in [4.69, 9.17) is 10.8 Å². The summed E-state index contributed by atoms with van der Waals surface area (Å²) < 4.78 is 1.00. The van der Waals surface area contributed by atoms with Gasteiger partial charge in [-0.1, -0.05) is 0 Å². The van der Waals surface area contributed by atoms with Gasteiger partial charge >= 0.3 is 5.97 Å². The van der Waals surface area contributed by atoms with E-state index in [9.17, 15) is 24.3 Å². The van der Waals surface area contributed by atoms with Gasteiger partial charge in [0.25, 0.3) is 11.8 Å². The van der Waals surface area contributed by atoms with Gasteiger partial charge in [0.2, 0.25) is 5.91 Å². The van der Waals surface area contributed by atoms with Crippen molar-refractivity contribution in [2.75, 3.05) is 11.9 Å². The summed E-state index contributed by atoms with van der Waals surface area (Å²) in [6.07, 6.45) is -1.77. The molecule has 3 amide bonds. The Morgan fingerprint density at radius 3 is 2.04 bits per heavy atom. The normalized spacial score (nSPS) is 11.6. The summed E-state index contributed by atoms with van der Waals surface area (Å²) >= 11 is 5.46. The predicted octanol–water partition coefficient (Wildman–Crippen LogP) is 0.733. The molecular weight excluding hydrogens is 675 g/mol. The van der Waals surface area contributed by atoms with Crippen LogP contribution in [0.3, 0.4) is 0 Å². The second kappa shape index (κ2) is 9.26. The molecule has 0 aliphatic heterocycles. The topological polar surface area (TPSA) is 159 Å². The number of carbonyl (C=O) groups excluding carboxylic acids is 3. The number of aliphatic carboxylic acids is 1. The third-order valence-electron chi connectivity index (χ3n) is 2.83. The zero-order valence-electron chi connectivity index (χ0n) is 12.5. The number of hydrogen-bond acceptors (Lipinski definition) is 5. The Kier molecular flexibility index (Phi) is 8.26. The minimum Gasteiger partial charge on any atom is -0.479 e. The van der Waals surface area contributed by atoms with Crippen LogP contribution in [0.4, 0.5) is 5.69 Å². The van der Waals surface area contributed by atoms with Crippen molar-refractivity contribution >= 4 is 97.2 Å². The summed E-state index contributed by atoms with van der Waals surface area (Å²) in [6, 6.07) is 0. The monoisotopic (exact) mass is 687 g/mol. The maximum Gasteiger partial charge on any atom is 0.334 e. The third kappa shape index (κ3) is 5.36. The van der Waals surface area contributed by atoms with Gasteiger partial charge in [0.15, 0.2) is 6.10 Å². The van der Waals surface area contributed by atoms with E-state index in [0.29, 0.717) is 7.14 Å². The van der Waals surface area contributed by atoms with Crippen molar-refractivity contribution < 1.29 is 29.4 Å². The minimum atomic E-state index is -1.77. The SMILES string of the molecule is CC(=O)Nc1c(I)c(C(N)=O)c(I)c(C(=O)NCC(O)C(=O)O)c1I. The number of hydrogen-bond donors (Lipinski definition) is 5. The Morgan fingerprint density at radius 1 is 1.08 bits per heavy atom. The number of nitrogens with two attached hydrogens (primary N) is 1. The molecule has 136 valence electrons. The highest BCUT2D eigenvalue weighted by atomic mass is 127. The quantitative estimate of drug-likeness (QED) is 0.278. The van der Waals surface area contributed by atoms with Crippen molar-refractivity contribution in [3.63, 3.8) is 0 Å². The molecule has 0 radical (unpaired) electrons. The van der Waals surface area contributed by atoms with Crippen LogP contribution in [0, 0.1) is 10.7 Å². The van der Waals surface area contributed by atoms with E-state index in [1.165, 1.54) is 6.92 Å². The summed E-state index contributed by atoms with van der Waals surface area (Å²) in [7, 11) is 0. The Hall–Kier alpha value is -0.750. The molecule has 1 rings (SSSR count). The highest BCUT2D eigenvalue weighted by Crippen LogP contribution is 2.35. The van der Waals surface area contributed by atoms with Gasteiger partial charge in [0, 0.05) is 10.5 Å². The molecule has 25 heavy (non-hydrogen) atoms. The number of benzene rings is 1. The van der Waals surface area contributed by atoms with Crippen LogP contribution in [-0.4, -0.2) is 46.6 Å². The Balaban J connectivity index is 3.45. The fourth-order valence-electron chi connectivity index (χ4n) is 1.73. The Morgan fingerprint density at radius 2 is 1.60 bits per heavy atom. The smallest absolute Gasteiger partial charge is 0.334 e. The maximum atomic E-state index is 12.4. The van der Waals surface area contributed by atoms with Gasteiger partial charge in [-0.25, -0.2) is 4.79 Å². The van der Waals surface area contributed by atoms with E-state index in [1.807, 2.05) is 45.2 Å². The second-order valence-corrected chi connectivity index (χ2v) is 7.91. The van der Waals surface area contributed by atoms with E-state index < -0.39 is 36.3 Å². The lowest BCUT2D eigenvalue weighted by molar-refractivity contribution is -0.146. The molecule has 1 aromatic carbocycles. The average Bonchev–Trinajstić information content (AvgIpc) is 2.48. The first kappa shape index (κ1) is 22.3. The van der Waals surface area contributed by atoms with Crippen molar-refractivity contribution in [3.05, 3.63) is 21.8 Å². The number of anilines is 1. The largest absolute Gasteiger partial charge is 0.479 e. The van der Waals surface area contributed by atoms with Crippen molar-refractivity contribution in [1.82, 2.24) is 5.32 Å². The molecule has 0 bridgehead atoms. The van der Waals surface area contributed by atoms with Crippen LogP contribution >= 0.6 is 67.8 Å². The molecule has 0 heterocycles. The standard InChI is InChI=1S/C13H12I3N3O6/c1-3(20)19-10-8(15)5(11(17)22)7(14)6(9(10)16)12(23)18-2-4(21)13(24)25/h4,21H,2H2,1H3,(H2,17,22)(H,18,23)(H,19,20)(H,24,25). The average molecular weight is 687 g/mol. The molecule has 0 saturated carbocycles. The number of aliphatic hydroxyl groups excluding tert-OH is 1. The van der Waals surface area contributed by atoms with E-state index in [-0.39, 0.29) is 20.4 Å². The Labute approximate surface area is 182 Å². The Bertz CT molecular complexity index is 768. The van der Waals surface area contributed by atoms with E-state index in [1.54, 1.807) is 22.6 Å². The van der Waals surface area contributed by atoms with Crippen molar-refractivity contribution in [3.8, 4) is 0 Å². The van der Waals surface area contributed by atoms with Gasteiger partial charge < -0.3 is 26.6 Å². The van der Waals surface area contributed by atoms with E-state index in [2.05, 4.69) is 10.6 Å². The zero-order valence-corrected chi connectivity index (χ0v) is 19.0. The molecule has 1 aromatic rings. The van der Waals surface area contributed by atoms with Gasteiger partial charge in [-0.15, -0.1) is 0 Å². The molecule has 12 heteroatoms. The number of carboxylic acids is 1. The predicted molar refractivity (Wildman–Crippen MR) is 113 cm³/mol. The van der Waals surface area contributed by atoms with Crippen LogP contribution < -0.4 is 16.4 Å². The number of carbonyl (C=O) groups is 4. The molecule has 0 aliphatic rings. The van der Waals surface area contributed by atoms with Crippen LogP contribution in [0.5, 0.6) is 0 Å². The molecule has 1 unspecified atom stereocenters. The minimum absolute atomic E-state index is 0.0526. The zero-order chi connectivity index (χ0) is 19.5. The molecule has 0 saturated heterocycles. The molecular formula is C13H12I3N3O6. The lowest BCUT2D eigenvalue weighted by atomic mass is 10.1. The van der Waals surface area contributed by atoms with Gasteiger partial charge in [-0.2, -0.15) is 0 Å². The first-order valence-electron chi connectivity index (χ1n) is 6.45. The third-order valence-corrected chi connectivity index (χ3v) is 6.07. The number of amides is 3. The van der Waals surface area contributed by atoms with E-state index in [0.717, 1.165) is 0 Å². The molecule has 1 atom stereocenters.